The topological polar surface area (TPSA) is 12.9 Å². The molecule has 1 heterocycles. The lowest BCUT2D eigenvalue weighted by atomic mass is 9.84. The number of benzene rings is 1. The second-order valence-corrected chi connectivity index (χ2v) is 7.95. The minimum atomic E-state index is 0.221. The summed E-state index contributed by atoms with van der Waals surface area (Å²) in [6.07, 6.45) is 1.84. The molecular weight excluding hydrogens is 362 g/mol. The first-order chi connectivity index (χ1) is 14.0. The summed E-state index contributed by atoms with van der Waals surface area (Å²) in [6, 6.07) is 12.7. The van der Waals surface area contributed by atoms with Crippen molar-refractivity contribution in [2.45, 2.75) is 122 Å². The number of aryl methyl sites for hydroxylation is 2. The normalized spacial score (nSPS) is 9.33. The zero-order valence-electron chi connectivity index (χ0n) is 23.5. The molecule has 0 saturated heterocycles. The molecule has 0 N–H and O–H groups in total. The quantitative estimate of drug-likeness (QED) is 0.415. The molecule has 0 saturated carbocycles. The van der Waals surface area contributed by atoms with E-state index in [1.807, 2.05) is 67.7 Å². The molecule has 0 amide bonds. The fourth-order valence-corrected chi connectivity index (χ4v) is 2.69. The molecule has 0 atom stereocenters. The van der Waals surface area contributed by atoms with Gasteiger partial charge < -0.3 is 0 Å². The lowest BCUT2D eigenvalue weighted by Crippen LogP contribution is -2.13. The highest BCUT2D eigenvalue weighted by atomic mass is 14.7. The van der Waals surface area contributed by atoms with Gasteiger partial charge >= 0.3 is 0 Å². The van der Waals surface area contributed by atoms with Crippen LogP contribution in [0, 0.1) is 13.8 Å². The Kier molecular flexibility index (Phi) is 24.6. The molecule has 0 unspecified atom stereocenters. The summed E-state index contributed by atoms with van der Waals surface area (Å²) in [6.45, 7) is 33.6. The molecule has 0 aliphatic heterocycles. The van der Waals surface area contributed by atoms with Gasteiger partial charge in [0.1, 0.15) is 0 Å². The molecule has 2 aromatic rings. The van der Waals surface area contributed by atoms with Crippen LogP contribution in [0.25, 0.3) is 0 Å². The van der Waals surface area contributed by atoms with Crippen LogP contribution in [0.3, 0.4) is 0 Å². The lowest BCUT2D eigenvalue weighted by Gasteiger charge is -2.21. The summed E-state index contributed by atoms with van der Waals surface area (Å²) in [7, 11) is 0. The number of pyridine rings is 1. The van der Waals surface area contributed by atoms with E-state index >= 15 is 0 Å². The van der Waals surface area contributed by atoms with Gasteiger partial charge in [-0.25, -0.2) is 0 Å². The molecule has 0 spiro atoms. The van der Waals surface area contributed by atoms with Gasteiger partial charge in [0.25, 0.3) is 0 Å². The average molecular weight is 418 g/mol. The molecule has 1 nitrogen and oxygen atoms in total. The first-order valence-corrected chi connectivity index (χ1v) is 12.0. The predicted octanol–water partition coefficient (Wildman–Crippen LogP) is 10.1. The van der Waals surface area contributed by atoms with E-state index in [-0.39, 0.29) is 10.8 Å². The van der Waals surface area contributed by atoms with Gasteiger partial charge in [-0.1, -0.05) is 127 Å². The molecule has 0 bridgehead atoms. The molecule has 0 radical (unpaired) electrons. The van der Waals surface area contributed by atoms with Gasteiger partial charge in [0.2, 0.25) is 0 Å². The highest BCUT2D eigenvalue weighted by Gasteiger charge is 2.15. The maximum Gasteiger partial charge on any atom is 0.0409 e. The van der Waals surface area contributed by atoms with Crippen LogP contribution in [0.2, 0.25) is 0 Å². The van der Waals surface area contributed by atoms with Gasteiger partial charge in [-0.15, -0.1) is 0 Å². The Morgan fingerprint density at radius 3 is 1.17 bits per heavy atom. The van der Waals surface area contributed by atoms with Crippen LogP contribution in [0.5, 0.6) is 0 Å². The summed E-state index contributed by atoms with van der Waals surface area (Å²) in [5.41, 5.74) is 5.81. The van der Waals surface area contributed by atoms with Crippen molar-refractivity contribution in [3.63, 3.8) is 0 Å². The van der Waals surface area contributed by atoms with Crippen LogP contribution in [-0.2, 0) is 10.8 Å². The molecule has 0 fully saturated rings. The van der Waals surface area contributed by atoms with Crippen molar-refractivity contribution in [3.05, 3.63) is 65.0 Å². The van der Waals surface area contributed by atoms with E-state index in [1.165, 1.54) is 16.7 Å². The molecule has 2 rings (SSSR count). The van der Waals surface area contributed by atoms with Crippen LogP contribution in [0.4, 0.5) is 0 Å². The highest BCUT2D eigenvalue weighted by Crippen LogP contribution is 2.24. The maximum absolute atomic E-state index is 4.25. The van der Waals surface area contributed by atoms with Crippen LogP contribution in [0.15, 0.2) is 42.6 Å². The Morgan fingerprint density at radius 2 is 0.900 bits per heavy atom. The highest BCUT2D eigenvalue weighted by molar-refractivity contribution is 5.31. The minimum Gasteiger partial charge on any atom is -0.261 e. The van der Waals surface area contributed by atoms with Gasteiger partial charge in [0, 0.05) is 11.9 Å². The van der Waals surface area contributed by atoms with E-state index in [9.17, 15) is 0 Å². The number of rotatable bonds is 0. The molecule has 1 aromatic carbocycles. The van der Waals surface area contributed by atoms with E-state index in [1.54, 1.807) is 0 Å². The third kappa shape index (κ3) is 16.2. The van der Waals surface area contributed by atoms with Gasteiger partial charge in [-0.05, 0) is 47.4 Å². The smallest absolute Gasteiger partial charge is 0.0409 e. The zero-order valence-corrected chi connectivity index (χ0v) is 23.5. The summed E-state index contributed by atoms with van der Waals surface area (Å²) < 4.78 is 0. The van der Waals surface area contributed by atoms with Gasteiger partial charge in [-0.3, -0.25) is 4.98 Å². The third-order valence-electron chi connectivity index (χ3n) is 3.77. The fourth-order valence-electron chi connectivity index (χ4n) is 2.69. The first-order valence-electron chi connectivity index (χ1n) is 12.0. The minimum absolute atomic E-state index is 0.221. The van der Waals surface area contributed by atoms with Crippen molar-refractivity contribution < 1.29 is 0 Å². The SMILES string of the molecule is CC.CC.CC.CC.Cc1ccccc1C(C)(C)C.Cc1ncccc1C(C)(C)C. The second kappa shape index (κ2) is 20.6. The molecule has 0 aliphatic carbocycles. The summed E-state index contributed by atoms with van der Waals surface area (Å²) >= 11 is 0. The van der Waals surface area contributed by atoms with Gasteiger partial charge in [-0.2, -0.15) is 0 Å². The van der Waals surface area contributed by atoms with E-state index in [4.69, 9.17) is 0 Å². The Balaban J connectivity index is -0.000000169. The van der Waals surface area contributed by atoms with Crippen LogP contribution < -0.4 is 0 Å². The molecular formula is C29H55N. The van der Waals surface area contributed by atoms with Crippen molar-refractivity contribution in [2.24, 2.45) is 0 Å². The maximum atomic E-state index is 4.25. The Morgan fingerprint density at radius 1 is 0.533 bits per heavy atom. The summed E-state index contributed by atoms with van der Waals surface area (Å²) in [5.74, 6) is 0. The third-order valence-corrected chi connectivity index (χ3v) is 3.77. The van der Waals surface area contributed by atoms with Crippen molar-refractivity contribution >= 4 is 0 Å². The van der Waals surface area contributed by atoms with Crippen molar-refractivity contribution in [1.29, 1.82) is 0 Å². The number of aromatic nitrogens is 1. The molecule has 30 heavy (non-hydrogen) atoms. The van der Waals surface area contributed by atoms with E-state index in [2.05, 4.69) is 90.7 Å². The molecule has 1 aromatic heterocycles. The van der Waals surface area contributed by atoms with Gasteiger partial charge in [0.15, 0.2) is 0 Å². The number of hydrogen-bond acceptors (Lipinski definition) is 1. The second-order valence-electron chi connectivity index (χ2n) is 7.95. The largest absolute Gasteiger partial charge is 0.261 e. The molecule has 176 valence electrons. The van der Waals surface area contributed by atoms with Crippen molar-refractivity contribution in [1.82, 2.24) is 4.98 Å². The van der Waals surface area contributed by atoms with Crippen LogP contribution in [-0.4, -0.2) is 4.98 Å². The van der Waals surface area contributed by atoms with Crippen molar-refractivity contribution in [2.75, 3.05) is 0 Å². The van der Waals surface area contributed by atoms with E-state index in [0.29, 0.717) is 0 Å². The average Bonchev–Trinajstić information content (AvgIpc) is 2.73. The van der Waals surface area contributed by atoms with Crippen LogP contribution >= 0.6 is 0 Å². The Bertz CT molecular complexity index is 543. The van der Waals surface area contributed by atoms with E-state index in [0.717, 1.165) is 5.69 Å². The summed E-state index contributed by atoms with van der Waals surface area (Å²) in [5, 5.41) is 0. The number of nitrogens with zero attached hydrogens (tertiary/aromatic N) is 1. The molecule has 0 aliphatic rings. The summed E-state index contributed by atoms with van der Waals surface area (Å²) in [4.78, 5) is 4.25. The zero-order chi connectivity index (χ0) is 25.0. The fraction of sp³-hybridized carbons (Fsp3) is 0.621. The number of hydrogen-bond donors (Lipinski definition) is 0. The Hall–Kier alpha value is -1.63. The van der Waals surface area contributed by atoms with Gasteiger partial charge in [0.05, 0.1) is 0 Å². The van der Waals surface area contributed by atoms with E-state index < -0.39 is 0 Å². The first kappa shape index (κ1) is 35.8. The lowest BCUT2D eigenvalue weighted by molar-refractivity contribution is 0.582. The molecule has 1 heteroatoms. The van der Waals surface area contributed by atoms with Crippen molar-refractivity contribution in [3.8, 4) is 0 Å². The van der Waals surface area contributed by atoms with Crippen LogP contribution in [0.1, 0.15) is 119 Å². The monoisotopic (exact) mass is 417 g/mol. The predicted molar refractivity (Wildman–Crippen MR) is 143 cm³/mol. The Labute approximate surface area is 191 Å². The standard InChI is InChI=1S/C11H16.C10H15N.4C2H6/c1-9-7-5-6-8-10(9)11(2,3)4;1-8-9(10(2,3)4)6-5-7-11-8;4*1-2/h5-8H,1-4H3;5-7H,1-4H3;4*1-2H3.